The quantitative estimate of drug-likeness (QED) is 0.453. The van der Waals surface area contributed by atoms with Crippen LogP contribution in [0.1, 0.15) is 62.5 Å². The highest BCUT2D eigenvalue weighted by atomic mass is 19.1. The fraction of sp³-hybridized carbons (Fsp3) is 0.594. The number of nitrogens with zero attached hydrogens (tertiary/aromatic N) is 5. The van der Waals surface area contributed by atoms with E-state index in [9.17, 15) is 9.50 Å². The second-order valence-corrected chi connectivity index (χ2v) is 12.9. The smallest absolute Gasteiger partial charge is 0.319 e. The third-order valence-corrected chi connectivity index (χ3v) is 10.1. The van der Waals surface area contributed by atoms with E-state index in [-0.39, 0.29) is 47.4 Å². The van der Waals surface area contributed by atoms with Gasteiger partial charge in [0, 0.05) is 31.7 Å². The number of aryl methyl sites for hydroxylation is 1. The van der Waals surface area contributed by atoms with Gasteiger partial charge in [-0.2, -0.15) is 9.97 Å². The molecule has 11 heteroatoms. The lowest BCUT2D eigenvalue weighted by molar-refractivity contribution is 0.107. The zero-order valence-electron chi connectivity index (χ0n) is 24.5. The van der Waals surface area contributed by atoms with Gasteiger partial charge in [0.05, 0.1) is 18.2 Å². The van der Waals surface area contributed by atoms with Crippen molar-refractivity contribution < 1.29 is 28.1 Å². The van der Waals surface area contributed by atoms with Crippen LogP contribution in [0, 0.1) is 5.82 Å². The molecule has 1 N–H and O–H groups in total. The predicted octanol–water partition coefficient (Wildman–Crippen LogP) is 4.92. The lowest BCUT2D eigenvalue weighted by Gasteiger charge is -2.31. The van der Waals surface area contributed by atoms with Gasteiger partial charge in [0.1, 0.15) is 47.5 Å². The Morgan fingerprint density at radius 3 is 2.95 bits per heavy atom. The second kappa shape index (κ2) is 10.4. The fourth-order valence-electron chi connectivity index (χ4n) is 8.15. The molecule has 3 saturated heterocycles. The fourth-order valence-corrected chi connectivity index (χ4v) is 8.15. The van der Waals surface area contributed by atoms with Gasteiger partial charge in [-0.1, -0.05) is 6.92 Å². The van der Waals surface area contributed by atoms with E-state index < -0.39 is 17.5 Å². The van der Waals surface area contributed by atoms with Crippen molar-refractivity contribution in [3.63, 3.8) is 0 Å². The summed E-state index contributed by atoms with van der Waals surface area (Å²) in [5, 5.41) is 11.1. The van der Waals surface area contributed by atoms with Gasteiger partial charge in [-0.05, 0) is 74.2 Å². The predicted molar refractivity (Wildman–Crippen MR) is 156 cm³/mol. The van der Waals surface area contributed by atoms with Crippen molar-refractivity contribution in [3.8, 4) is 28.9 Å². The van der Waals surface area contributed by atoms with E-state index in [0.717, 1.165) is 56.2 Å². The minimum Gasteiger partial charge on any atom is -0.508 e. The summed E-state index contributed by atoms with van der Waals surface area (Å²) >= 11 is 0. The molecule has 6 heterocycles. The summed E-state index contributed by atoms with van der Waals surface area (Å²) < 4.78 is 49.8. The Kier molecular flexibility index (Phi) is 6.59. The summed E-state index contributed by atoms with van der Waals surface area (Å²) in [6.07, 6.45) is 4.96. The molecular weight excluding hydrogens is 556 g/mol. The number of anilines is 1. The highest BCUT2D eigenvalue weighted by molar-refractivity contribution is 5.97. The third-order valence-electron chi connectivity index (χ3n) is 10.1. The molecule has 2 aromatic heterocycles. The van der Waals surface area contributed by atoms with Crippen molar-refractivity contribution in [2.24, 2.45) is 0 Å². The van der Waals surface area contributed by atoms with E-state index in [1.807, 2.05) is 0 Å². The van der Waals surface area contributed by atoms with Crippen LogP contribution in [-0.2, 0) is 11.2 Å². The number of halogens is 2. The summed E-state index contributed by atoms with van der Waals surface area (Å²) in [5.41, 5.74) is 2.36. The SMILES string of the molecule is C[C@@H]1CCCc2cc(O)cc(-c3nc4c5c(nc(OC[C@@]67CCCN6C[C@H](F)C7)nc5c3F)N3CCCOC[C@H]3CO4)c21. The van der Waals surface area contributed by atoms with Gasteiger partial charge < -0.3 is 24.2 Å². The largest absolute Gasteiger partial charge is 0.508 e. The molecule has 0 saturated carbocycles. The number of phenolic OH excluding ortho intramolecular Hbond substituents is 1. The number of pyridine rings is 1. The van der Waals surface area contributed by atoms with E-state index in [0.29, 0.717) is 56.1 Å². The average Bonchev–Trinajstić information content (AvgIpc) is 3.34. The van der Waals surface area contributed by atoms with Crippen LogP contribution in [0.5, 0.6) is 17.6 Å². The number of hydrogen-bond acceptors (Lipinski definition) is 9. The Bertz CT molecular complexity index is 1590. The normalized spacial score (nSPS) is 28.5. The number of aromatic nitrogens is 3. The molecule has 9 nitrogen and oxygen atoms in total. The molecule has 8 rings (SSSR count). The number of phenols is 1. The minimum absolute atomic E-state index is 0.0603. The van der Waals surface area contributed by atoms with Crippen LogP contribution in [0.4, 0.5) is 14.6 Å². The van der Waals surface area contributed by atoms with E-state index >= 15 is 4.39 Å². The molecule has 1 aromatic carbocycles. The van der Waals surface area contributed by atoms with Gasteiger partial charge in [0.15, 0.2) is 5.82 Å². The second-order valence-electron chi connectivity index (χ2n) is 12.9. The lowest BCUT2D eigenvalue weighted by atomic mass is 9.80. The summed E-state index contributed by atoms with van der Waals surface area (Å²) in [6.45, 7) is 5.65. The first-order valence-corrected chi connectivity index (χ1v) is 15.7. The van der Waals surface area contributed by atoms with Crippen molar-refractivity contribution in [2.75, 3.05) is 51.0 Å². The summed E-state index contributed by atoms with van der Waals surface area (Å²) in [4.78, 5) is 18.5. The first-order valence-electron chi connectivity index (χ1n) is 15.7. The minimum atomic E-state index is -0.884. The van der Waals surface area contributed by atoms with Gasteiger partial charge in [-0.3, -0.25) is 4.90 Å². The van der Waals surface area contributed by atoms with E-state index in [2.05, 4.69) is 21.7 Å². The highest BCUT2D eigenvalue weighted by Gasteiger charge is 2.49. The number of alkyl halides is 1. The zero-order chi connectivity index (χ0) is 29.3. The van der Waals surface area contributed by atoms with Crippen molar-refractivity contribution in [1.29, 1.82) is 0 Å². The van der Waals surface area contributed by atoms with E-state index in [4.69, 9.17) is 24.2 Å². The maximum absolute atomic E-state index is 16.9. The number of rotatable bonds is 4. The van der Waals surface area contributed by atoms with E-state index in [1.165, 1.54) is 0 Å². The molecule has 1 aliphatic carbocycles. The van der Waals surface area contributed by atoms with Gasteiger partial charge in [0.2, 0.25) is 5.88 Å². The number of benzene rings is 1. The molecule has 5 aliphatic rings. The molecule has 3 fully saturated rings. The van der Waals surface area contributed by atoms with Crippen LogP contribution < -0.4 is 14.4 Å². The van der Waals surface area contributed by atoms with Crippen LogP contribution in [0.25, 0.3) is 22.2 Å². The van der Waals surface area contributed by atoms with Crippen LogP contribution in [-0.4, -0.2) is 88.8 Å². The molecule has 43 heavy (non-hydrogen) atoms. The van der Waals surface area contributed by atoms with Crippen molar-refractivity contribution in [1.82, 2.24) is 19.9 Å². The molecule has 0 radical (unpaired) electrons. The van der Waals surface area contributed by atoms with Gasteiger partial charge in [-0.15, -0.1) is 0 Å². The molecule has 0 spiro atoms. The van der Waals surface area contributed by atoms with Gasteiger partial charge >= 0.3 is 6.01 Å². The molecular formula is C32H37F2N5O4. The van der Waals surface area contributed by atoms with Crippen LogP contribution in [0.15, 0.2) is 12.1 Å². The maximum atomic E-state index is 16.9. The Morgan fingerprint density at radius 2 is 2.05 bits per heavy atom. The summed E-state index contributed by atoms with van der Waals surface area (Å²) in [6, 6.07) is 3.30. The molecule has 0 bridgehead atoms. The Balaban J connectivity index is 1.29. The molecule has 4 atom stereocenters. The molecule has 0 amide bonds. The Morgan fingerprint density at radius 1 is 1.14 bits per heavy atom. The van der Waals surface area contributed by atoms with Crippen LogP contribution in [0.2, 0.25) is 0 Å². The summed E-state index contributed by atoms with van der Waals surface area (Å²) in [7, 11) is 0. The van der Waals surface area contributed by atoms with Crippen LogP contribution in [0.3, 0.4) is 0 Å². The third kappa shape index (κ3) is 4.49. The number of hydrogen-bond donors (Lipinski definition) is 1. The molecule has 3 aromatic rings. The van der Waals surface area contributed by atoms with E-state index in [1.54, 1.807) is 12.1 Å². The Hall–Kier alpha value is -3.31. The van der Waals surface area contributed by atoms with Crippen molar-refractivity contribution in [3.05, 3.63) is 29.1 Å². The number of fused-ring (bicyclic) bond motifs is 4. The van der Waals surface area contributed by atoms with Crippen LogP contribution >= 0.6 is 0 Å². The first kappa shape index (κ1) is 27.3. The van der Waals surface area contributed by atoms with Gasteiger partial charge in [-0.25, -0.2) is 13.8 Å². The number of ether oxygens (including phenoxy) is 3. The van der Waals surface area contributed by atoms with Gasteiger partial charge in [0.25, 0.3) is 0 Å². The maximum Gasteiger partial charge on any atom is 0.319 e. The van der Waals surface area contributed by atoms with Crippen molar-refractivity contribution in [2.45, 2.75) is 75.5 Å². The average molecular weight is 594 g/mol. The Labute approximate surface area is 249 Å². The molecule has 4 aliphatic heterocycles. The monoisotopic (exact) mass is 593 g/mol. The highest BCUT2D eigenvalue weighted by Crippen LogP contribution is 2.46. The molecule has 228 valence electrons. The standard InChI is InChI=1S/C32H37F2N5O4/c1-18-5-2-6-19-11-22(40)12-23(24(18)19)27-26(34)28-25-29(39-9-4-10-41-15-21(39)16-42-30(25)35-27)37-31(36-28)43-17-32-7-3-8-38(32)14-20(33)13-32/h11-12,18,20-21,40H,2-10,13-17H2,1H3/t18-,20-,21+,32+/m1/s1. The first-order chi connectivity index (χ1) is 20.9. The number of aromatic hydroxyl groups is 1. The molecule has 0 unspecified atom stereocenters. The van der Waals surface area contributed by atoms with Crippen molar-refractivity contribution >= 4 is 16.7 Å². The lowest BCUT2D eigenvalue weighted by Crippen LogP contribution is -2.43. The zero-order valence-corrected chi connectivity index (χ0v) is 24.5. The topological polar surface area (TPSA) is 93.1 Å². The summed E-state index contributed by atoms with van der Waals surface area (Å²) in [5.74, 6) is 0.444.